The summed E-state index contributed by atoms with van der Waals surface area (Å²) in [6.07, 6.45) is 3.82. The molecule has 1 fully saturated rings. The van der Waals surface area contributed by atoms with Gasteiger partial charge in [0.05, 0.1) is 10.0 Å². The minimum atomic E-state index is 0.225. The Morgan fingerprint density at radius 1 is 1.35 bits per heavy atom. The first-order valence-electron chi connectivity index (χ1n) is 6.20. The van der Waals surface area contributed by atoms with Crippen molar-refractivity contribution in [1.82, 2.24) is 5.32 Å². The monoisotopic (exact) mass is 271 g/mol. The Morgan fingerprint density at radius 2 is 2.12 bits per heavy atom. The van der Waals surface area contributed by atoms with Crippen LogP contribution in [0.5, 0.6) is 0 Å². The van der Waals surface area contributed by atoms with E-state index in [4.69, 9.17) is 23.2 Å². The highest BCUT2D eigenvalue weighted by atomic mass is 35.5. The van der Waals surface area contributed by atoms with Gasteiger partial charge in [0, 0.05) is 12.0 Å². The number of likely N-dealkylation sites (N-methyl/N-ethyl adjacent to an activating group) is 1. The molecule has 0 heterocycles. The van der Waals surface area contributed by atoms with Gasteiger partial charge in [-0.1, -0.05) is 42.6 Å². The van der Waals surface area contributed by atoms with Crippen LogP contribution >= 0.6 is 23.2 Å². The smallest absolute Gasteiger partial charge is 0.0595 e. The zero-order valence-electron chi connectivity index (χ0n) is 10.4. The largest absolute Gasteiger partial charge is 0.319 e. The molecule has 3 heteroatoms. The normalized spacial score (nSPS) is 28.6. The molecule has 1 aliphatic rings. The van der Waals surface area contributed by atoms with E-state index in [1.165, 1.54) is 24.8 Å². The molecule has 0 radical (unpaired) electrons. The molecule has 94 valence electrons. The zero-order chi connectivity index (χ0) is 12.5. The van der Waals surface area contributed by atoms with Gasteiger partial charge in [-0.3, -0.25) is 0 Å². The van der Waals surface area contributed by atoms with Gasteiger partial charge in [-0.2, -0.15) is 0 Å². The third-order valence-corrected chi connectivity index (χ3v) is 4.93. The van der Waals surface area contributed by atoms with Gasteiger partial charge in [0.2, 0.25) is 0 Å². The van der Waals surface area contributed by atoms with Crippen molar-refractivity contribution in [2.75, 3.05) is 13.6 Å². The summed E-state index contributed by atoms with van der Waals surface area (Å²) in [5, 5.41) is 4.64. The van der Waals surface area contributed by atoms with E-state index in [1.54, 1.807) is 0 Å². The van der Waals surface area contributed by atoms with Crippen molar-refractivity contribution in [3.05, 3.63) is 33.8 Å². The first-order valence-corrected chi connectivity index (χ1v) is 6.96. The standard InChI is InChI=1S/C14H19Cl2N/c1-10-4-3-7-14(10,9-17-2)11-5-6-12(15)13(16)8-11/h5-6,8,10,17H,3-4,7,9H2,1-2H3. The minimum Gasteiger partial charge on any atom is -0.319 e. The summed E-state index contributed by atoms with van der Waals surface area (Å²) in [5.41, 5.74) is 1.55. The molecule has 0 aromatic heterocycles. The van der Waals surface area contributed by atoms with Gasteiger partial charge in [0.25, 0.3) is 0 Å². The summed E-state index contributed by atoms with van der Waals surface area (Å²) in [5.74, 6) is 0.687. The number of nitrogens with one attached hydrogen (secondary N) is 1. The van der Waals surface area contributed by atoms with E-state index in [0.717, 1.165) is 6.54 Å². The van der Waals surface area contributed by atoms with Crippen LogP contribution in [-0.4, -0.2) is 13.6 Å². The molecular weight excluding hydrogens is 253 g/mol. The first-order chi connectivity index (χ1) is 8.10. The molecule has 2 atom stereocenters. The molecule has 1 aromatic rings. The summed E-state index contributed by atoms with van der Waals surface area (Å²) in [6.45, 7) is 3.35. The summed E-state index contributed by atoms with van der Waals surface area (Å²) in [6, 6.07) is 6.10. The number of hydrogen-bond acceptors (Lipinski definition) is 1. The number of halogens is 2. The predicted molar refractivity (Wildman–Crippen MR) is 75.1 cm³/mol. The number of rotatable bonds is 3. The van der Waals surface area contributed by atoms with Gasteiger partial charge in [-0.25, -0.2) is 0 Å². The van der Waals surface area contributed by atoms with Gasteiger partial charge in [-0.05, 0) is 43.5 Å². The van der Waals surface area contributed by atoms with Crippen LogP contribution in [0, 0.1) is 5.92 Å². The van der Waals surface area contributed by atoms with Crippen molar-refractivity contribution in [2.45, 2.75) is 31.6 Å². The molecule has 1 aromatic carbocycles. The van der Waals surface area contributed by atoms with Crippen molar-refractivity contribution < 1.29 is 0 Å². The second-order valence-electron chi connectivity index (χ2n) is 5.11. The molecule has 1 nitrogen and oxygen atoms in total. The fourth-order valence-electron chi connectivity index (χ4n) is 3.16. The highest BCUT2D eigenvalue weighted by Gasteiger charge is 2.41. The maximum Gasteiger partial charge on any atom is 0.0595 e. The summed E-state index contributed by atoms with van der Waals surface area (Å²) < 4.78 is 0. The van der Waals surface area contributed by atoms with Gasteiger partial charge < -0.3 is 5.32 Å². The van der Waals surface area contributed by atoms with Crippen LogP contribution in [0.1, 0.15) is 31.7 Å². The van der Waals surface area contributed by atoms with Gasteiger partial charge in [0.1, 0.15) is 0 Å². The predicted octanol–water partition coefficient (Wildman–Crippen LogP) is 4.27. The summed E-state index contributed by atoms with van der Waals surface area (Å²) in [7, 11) is 2.02. The Labute approximate surface area is 114 Å². The maximum atomic E-state index is 6.15. The first kappa shape index (κ1) is 13.2. The van der Waals surface area contributed by atoms with E-state index in [9.17, 15) is 0 Å². The SMILES string of the molecule is CNCC1(c2ccc(Cl)c(Cl)c2)CCCC1C. The van der Waals surface area contributed by atoms with Crippen LogP contribution in [0.15, 0.2) is 18.2 Å². The van der Waals surface area contributed by atoms with Crippen molar-refractivity contribution in [1.29, 1.82) is 0 Å². The van der Waals surface area contributed by atoms with Crippen LogP contribution < -0.4 is 5.32 Å². The van der Waals surface area contributed by atoms with Crippen molar-refractivity contribution in [3.8, 4) is 0 Å². The fraction of sp³-hybridized carbons (Fsp3) is 0.571. The molecule has 1 N–H and O–H groups in total. The van der Waals surface area contributed by atoms with Crippen LogP contribution in [0.2, 0.25) is 10.0 Å². The van der Waals surface area contributed by atoms with E-state index < -0.39 is 0 Å². The van der Waals surface area contributed by atoms with Crippen LogP contribution in [0.4, 0.5) is 0 Å². The third kappa shape index (κ3) is 2.33. The van der Waals surface area contributed by atoms with Crippen molar-refractivity contribution >= 4 is 23.2 Å². The van der Waals surface area contributed by atoms with Crippen LogP contribution in [-0.2, 0) is 5.41 Å². The molecule has 2 rings (SSSR count). The molecule has 1 aliphatic carbocycles. The minimum absolute atomic E-state index is 0.225. The molecule has 0 saturated heterocycles. The van der Waals surface area contributed by atoms with Crippen LogP contribution in [0.25, 0.3) is 0 Å². The zero-order valence-corrected chi connectivity index (χ0v) is 11.9. The molecule has 2 unspecified atom stereocenters. The third-order valence-electron chi connectivity index (χ3n) is 4.19. The lowest BCUT2D eigenvalue weighted by Crippen LogP contribution is -2.39. The second kappa shape index (κ2) is 5.17. The number of benzene rings is 1. The summed E-state index contributed by atoms with van der Waals surface area (Å²) in [4.78, 5) is 0. The lowest BCUT2D eigenvalue weighted by molar-refractivity contribution is 0.326. The van der Waals surface area contributed by atoms with Gasteiger partial charge in [0.15, 0.2) is 0 Å². The molecule has 1 saturated carbocycles. The van der Waals surface area contributed by atoms with Gasteiger partial charge >= 0.3 is 0 Å². The van der Waals surface area contributed by atoms with E-state index in [-0.39, 0.29) is 5.41 Å². The van der Waals surface area contributed by atoms with E-state index in [2.05, 4.69) is 18.3 Å². The maximum absolute atomic E-state index is 6.15. The molecule has 0 amide bonds. The Morgan fingerprint density at radius 3 is 2.65 bits per heavy atom. The fourth-order valence-corrected chi connectivity index (χ4v) is 3.46. The second-order valence-corrected chi connectivity index (χ2v) is 5.92. The topological polar surface area (TPSA) is 12.0 Å². The lowest BCUT2D eigenvalue weighted by atomic mass is 9.73. The van der Waals surface area contributed by atoms with Crippen molar-refractivity contribution in [2.24, 2.45) is 5.92 Å². The van der Waals surface area contributed by atoms with E-state index in [0.29, 0.717) is 16.0 Å². The lowest BCUT2D eigenvalue weighted by Gasteiger charge is -2.34. The molecule has 0 spiro atoms. The Balaban J connectivity index is 2.42. The van der Waals surface area contributed by atoms with E-state index >= 15 is 0 Å². The van der Waals surface area contributed by atoms with Crippen LogP contribution in [0.3, 0.4) is 0 Å². The molecule has 0 bridgehead atoms. The van der Waals surface area contributed by atoms with Crippen molar-refractivity contribution in [3.63, 3.8) is 0 Å². The Bertz CT molecular complexity index is 405. The van der Waals surface area contributed by atoms with Gasteiger partial charge in [-0.15, -0.1) is 0 Å². The Hall–Kier alpha value is -0.240. The average molecular weight is 272 g/mol. The van der Waals surface area contributed by atoms with E-state index in [1.807, 2.05) is 19.2 Å². The molecular formula is C14H19Cl2N. The molecule has 17 heavy (non-hydrogen) atoms. The summed E-state index contributed by atoms with van der Waals surface area (Å²) >= 11 is 12.1. The highest BCUT2D eigenvalue weighted by Crippen LogP contribution is 2.46. The molecule has 0 aliphatic heterocycles. The Kier molecular flexibility index (Phi) is 4.02. The number of hydrogen-bond donors (Lipinski definition) is 1. The average Bonchev–Trinajstić information content (AvgIpc) is 2.66. The highest BCUT2D eigenvalue weighted by molar-refractivity contribution is 6.42. The quantitative estimate of drug-likeness (QED) is 0.866.